The van der Waals surface area contributed by atoms with Crippen LogP contribution in [0.1, 0.15) is 57.8 Å². The number of Topliss-reactive ketones (excluding diaryl/α,β-unsaturated/α-hetero) is 2. The zero-order chi connectivity index (χ0) is 27.1. The highest BCUT2D eigenvalue weighted by molar-refractivity contribution is 6.06. The Labute approximate surface area is 221 Å². The van der Waals surface area contributed by atoms with E-state index in [1.807, 2.05) is 6.08 Å². The molecule has 1 heterocycles. The first-order chi connectivity index (χ1) is 18.3. The molecule has 38 heavy (non-hydrogen) atoms. The lowest BCUT2D eigenvalue weighted by Crippen LogP contribution is -2.43. The van der Waals surface area contributed by atoms with E-state index in [2.05, 4.69) is 16.7 Å². The summed E-state index contributed by atoms with van der Waals surface area (Å²) in [5.74, 6) is -1.21. The normalized spacial score (nSPS) is 28.1. The molecule has 4 aliphatic rings. The Bertz CT molecular complexity index is 1150. The number of carbonyl (C=O) groups excluding carboxylic acids is 4. The summed E-state index contributed by atoms with van der Waals surface area (Å²) < 4.78 is 5.40. The molecule has 1 aliphatic heterocycles. The number of rotatable bonds is 10. The van der Waals surface area contributed by atoms with Crippen LogP contribution in [0, 0.1) is 5.92 Å². The number of hydrogen-bond donors (Lipinski definition) is 4. The maximum Gasteiger partial charge on any atom is 0.248 e. The first-order valence-corrected chi connectivity index (χ1v) is 13.2. The average molecular weight is 523 g/mol. The van der Waals surface area contributed by atoms with Gasteiger partial charge in [0.15, 0.2) is 11.9 Å². The fraction of sp³-hybridized carbons (Fsp3) is 0.448. The minimum atomic E-state index is -1.41. The quantitative estimate of drug-likeness (QED) is 0.196. The van der Waals surface area contributed by atoms with E-state index >= 15 is 0 Å². The lowest BCUT2D eigenvalue weighted by molar-refractivity contribution is -0.121. The van der Waals surface area contributed by atoms with Gasteiger partial charge in [0.2, 0.25) is 17.6 Å². The molecular formula is C29H34N2O7. The fourth-order valence-electron chi connectivity index (χ4n) is 5.01. The van der Waals surface area contributed by atoms with Crippen molar-refractivity contribution in [2.75, 3.05) is 0 Å². The van der Waals surface area contributed by atoms with Crippen LogP contribution in [0.25, 0.3) is 0 Å². The molecule has 0 spiro atoms. The molecule has 2 fully saturated rings. The van der Waals surface area contributed by atoms with Crippen molar-refractivity contribution in [3.05, 3.63) is 71.8 Å². The Morgan fingerprint density at radius 1 is 1.00 bits per heavy atom. The van der Waals surface area contributed by atoms with Crippen LogP contribution in [0.4, 0.5) is 0 Å². The number of aliphatic hydroxyl groups is 2. The Morgan fingerprint density at radius 2 is 1.71 bits per heavy atom. The monoisotopic (exact) mass is 522 g/mol. The van der Waals surface area contributed by atoms with E-state index in [9.17, 15) is 29.4 Å². The first-order valence-electron chi connectivity index (χ1n) is 13.2. The summed E-state index contributed by atoms with van der Waals surface area (Å²) in [6.07, 6.45) is 20.2. The van der Waals surface area contributed by atoms with Gasteiger partial charge >= 0.3 is 0 Å². The first kappa shape index (κ1) is 27.5. The third-order valence-corrected chi connectivity index (χ3v) is 7.16. The van der Waals surface area contributed by atoms with E-state index in [0.29, 0.717) is 12.3 Å². The second-order valence-corrected chi connectivity index (χ2v) is 10.1. The molecule has 0 aromatic rings. The van der Waals surface area contributed by atoms with Crippen molar-refractivity contribution < 1.29 is 34.1 Å². The van der Waals surface area contributed by atoms with Crippen LogP contribution in [0.5, 0.6) is 0 Å². The molecule has 0 aromatic heterocycles. The van der Waals surface area contributed by atoms with Crippen molar-refractivity contribution in [2.24, 2.45) is 5.92 Å². The summed E-state index contributed by atoms with van der Waals surface area (Å²) in [4.78, 5) is 48.4. The summed E-state index contributed by atoms with van der Waals surface area (Å²) in [7, 11) is 0. The molecule has 0 radical (unpaired) electrons. The molecule has 4 N–H and O–H groups in total. The number of epoxide rings is 1. The van der Waals surface area contributed by atoms with Crippen LogP contribution >= 0.6 is 0 Å². The Hall–Kier alpha value is -3.56. The molecule has 2 amide bonds. The van der Waals surface area contributed by atoms with Crippen molar-refractivity contribution in [1.29, 1.82) is 0 Å². The van der Waals surface area contributed by atoms with Gasteiger partial charge in [0, 0.05) is 25.0 Å². The largest absolute Gasteiger partial charge is 0.510 e. The number of carbonyl (C=O) groups is 4. The summed E-state index contributed by atoms with van der Waals surface area (Å²) in [5, 5.41) is 25.6. The van der Waals surface area contributed by atoms with Gasteiger partial charge in [-0.05, 0) is 37.7 Å². The number of hydrogen-bond acceptors (Lipinski definition) is 7. The van der Waals surface area contributed by atoms with Crippen molar-refractivity contribution in [3.63, 3.8) is 0 Å². The molecule has 202 valence electrons. The van der Waals surface area contributed by atoms with Crippen LogP contribution in [-0.2, 0) is 23.9 Å². The van der Waals surface area contributed by atoms with Gasteiger partial charge < -0.3 is 25.6 Å². The molecule has 1 saturated carbocycles. The molecule has 9 nitrogen and oxygen atoms in total. The third-order valence-electron chi connectivity index (χ3n) is 7.16. The highest BCUT2D eigenvalue weighted by Crippen LogP contribution is 2.42. The minimum absolute atomic E-state index is 0.0247. The van der Waals surface area contributed by atoms with Crippen LogP contribution in [0.2, 0.25) is 0 Å². The molecular weight excluding hydrogens is 488 g/mol. The van der Waals surface area contributed by atoms with Gasteiger partial charge in [-0.1, -0.05) is 55.7 Å². The predicted molar refractivity (Wildman–Crippen MR) is 139 cm³/mol. The second-order valence-electron chi connectivity index (χ2n) is 10.1. The van der Waals surface area contributed by atoms with E-state index in [4.69, 9.17) is 4.74 Å². The van der Waals surface area contributed by atoms with Crippen molar-refractivity contribution in [3.8, 4) is 0 Å². The van der Waals surface area contributed by atoms with Crippen LogP contribution in [-0.4, -0.2) is 51.4 Å². The lowest BCUT2D eigenvalue weighted by atomic mass is 9.85. The van der Waals surface area contributed by atoms with Crippen molar-refractivity contribution >= 4 is 23.4 Å². The number of ether oxygens (including phenoxy) is 1. The topological polar surface area (TPSA) is 145 Å². The van der Waals surface area contributed by atoms with Gasteiger partial charge in [-0.15, -0.1) is 0 Å². The zero-order valence-corrected chi connectivity index (χ0v) is 21.2. The minimum Gasteiger partial charge on any atom is -0.510 e. The van der Waals surface area contributed by atoms with E-state index in [-0.39, 0.29) is 48.0 Å². The van der Waals surface area contributed by atoms with Gasteiger partial charge in [0.05, 0.1) is 5.70 Å². The van der Waals surface area contributed by atoms with Gasteiger partial charge in [-0.3, -0.25) is 19.2 Å². The summed E-state index contributed by atoms with van der Waals surface area (Å²) >= 11 is 0. The SMILES string of the molecule is O=C(/C=C/C=C/C1CCCCC1)NC1=C[C@](O)(CC/C=C/C=C/C(=O)NC2=C(O)CCC2=O)[C@H]2O[C@H]2C1=O. The fourth-order valence-corrected chi connectivity index (χ4v) is 5.01. The molecule has 3 atom stereocenters. The van der Waals surface area contributed by atoms with Crippen LogP contribution < -0.4 is 10.6 Å². The van der Waals surface area contributed by atoms with E-state index < -0.39 is 29.6 Å². The van der Waals surface area contributed by atoms with Gasteiger partial charge in [0.1, 0.15) is 23.2 Å². The number of amides is 2. The van der Waals surface area contributed by atoms with Gasteiger partial charge in [-0.2, -0.15) is 0 Å². The average Bonchev–Trinajstić information content (AvgIpc) is 3.66. The van der Waals surface area contributed by atoms with Crippen molar-refractivity contribution in [1.82, 2.24) is 10.6 Å². The standard InChI is InChI=1S/C29H34N2O7/c32-21-15-16-22(33)25(21)31-24(35)13-6-1-2-9-17-29(37)18-20(26(36)27-28(29)38-27)30-23(34)14-8-7-12-19-10-4-3-5-11-19/h1-2,6-8,12-14,18-19,27-28,32,37H,3-5,9-11,15-17H2,(H,30,34)(H,31,35)/b2-1+,12-7+,13-6+,14-8+/t27-,28-,29+/m0/s1. The van der Waals surface area contributed by atoms with E-state index in [0.717, 1.165) is 0 Å². The van der Waals surface area contributed by atoms with E-state index in [1.165, 1.54) is 56.4 Å². The third kappa shape index (κ3) is 7.05. The van der Waals surface area contributed by atoms with Crippen LogP contribution in [0.3, 0.4) is 0 Å². The smallest absolute Gasteiger partial charge is 0.248 e. The molecule has 3 aliphatic carbocycles. The molecule has 0 aromatic carbocycles. The highest BCUT2D eigenvalue weighted by Gasteiger charge is 2.60. The highest BCUT2D eigenvalue weighted by atomic mass is 16.6. The van der Waals surface area contributed by atoms with Gasteiger partial charge in [0.25, 0.3) is 0 Å². The second kappa shape index (κ2) is 12.3. The molecule has 1 saturated heterocycles. The Balaban J connectivity index is 1.25. The lowest BCUT2D eigenvalue weighted by Gasteiger charge is -2.26. The zero-order valence-electron chi connectivity index (χ0n) is 21.2. The maximum absolute atomic E-state index is 12.5. The maximum atomic E-state index is 12.5. The number of aliphatic hydroxyl groups excluding tert-OH is 1. The predicted octanol–water partition coefficient (Wildman–Crippen LogP) is 2.90. The summed E-state index contributed by atoms with van der Waals surface area (Å²) in [5.41, 5.74) is -1.45. The number of nitrogens with one attached hydrogen (secondary N) is 2. The number of allylic oxidation sites excluding steroid dienone is 8. The molecule has 0 bridgehead atoms. The Morgan fingerprint density at radius 3 is 2.42 bits per heavy atom. The molecule has 0 unspecified atom stereocenters. The Kier molecular flexibility index (Phi) is 8.91. The number of ketones is 2. The van der Waals surface area contributed by atoms with Gasteiger partial charge in [-0.25, -0.2) is 0 Å². The van der Waals surface area contributed by atoms with Crippen molar-refractivity contribution in [2.45, 2.75) is 75.6 Å². The number of fused-ring (bicyclic) bond motifs is 1. The molecule has 9 heteroatoms. The van der Waals surface area contributed by atoms with E-state index in [1.54, 1.807) is 18.2 Å². The summed E-state index contributed by atoms with van der Waals surface area (Å²) in [6.45, 7) is 0. The molecule has 4 rings (SSSR count). The summed E-state index contributed by atoms with van der Waals surface area (Å²) in [6, 6.07) is 0. The van der Waals surface area contributed by atoms with Crippen LogP contribution in [0.15, 0.2) is 71.8 Å².